The third-order valence-corrected chi connectivity index (χ3v) is 3.13. The first-order valence-corrected chi connectivity index (χ1v) is 6.98. The number of hydrogen-bond acceptors (Lipinski definition) is 3. The first-order chi connectivity index (χ1) is 9.20. The Morgan fingerprint density at radius 2 is 1.32 bits per heavy atom. The van der Waals surface area contributed by atoms with Gasteiger partial charge in [-0.15, -0.1) is 0 Å². The molecule has 104 valence electrons. The molecule has 0 fully saturated rings. The number of ketones is 1. The molecule has 0 aliphatic heterocycles. The molecule has 0 unspecified atom stereocenters. The van der Waals surface area contributed by atoms with E-state index in [0.29, 0.717) is 12.8 Å². The van der Waals surface area contributed by atoms with E-state index in [2.05, 4.69) is 0 Å². The number of rotatable bonds is 10. The number of carboxylic acid groups (broad SMARTS) is 1. The third kappa shape index (κ3) is 7.39. The molecule has 0 saturated carbocycles. The smallest absolute Gasteiger partial charge is 0.162 e. The van der Waals surface area contributed by atoms with Gasteiger partial charge in [0.15, 0.2) is 5.78 Å². The molecular weight excluding hydrogens is 240 g/mol. The molecule has 0 aromatic heterocycles. The van der Waals surface area contributed by atoms with Gasteiger partial charge in [0, 0.05) is 18.0 Å². The van der Waals surface area contributed by atoms with Gasteiger partial charge in [-0.05, 0) is 19.3 Å². The maximum Gasteiger partial charge on any atom is 0.162 e. The van der Waals surface area contributed by atoms with Gasteiger partial charge in [-0.25, -0.2) is 0 Å². The van der Waals surface area contributed by atoms with E-state index >= 15 is 0 Å². The fourth-order valence-electron chi connectivity index (χ4n) is 2.03. The molecule has 1 rings (SSSR count). The van der Waals surface area contributed by atoms with E-state index in [1.165, 1.54) is 0 Å². The van der Waals surface area contributed by atoms with Crippen LogP contribution >= 0.6 is 0 Å². The van der Waals surface area contributed by atoms with E-state index in [9.17, 15) is 14.7 Å². The first-order valence-electron chi connectivity index (χ1n) is 6.98. The van der Waals surface area contributed by atoms with E-state index in [0.717, 1.165) is 37.7 Å². The number of carbonyl (C=O) groups excluding carboxylic acids is 2. The summed E-state index contributed by atoms with van der Waals surface area (Å²) >= 11 is 0. The van der Waals surface area contributed by atoms with E-state index < -0.39 is 5.97 Å². The van der Waals surface area contributed by atoms with Crippen molar-refractivity contribution in [1.82, 2.24) is 0 Å². The molecule has 0 heterocycles. The molecule has 0 aliphatic carbocycles. The summed E-state index contributed by atoms with van der Waals surface area (Å²) in [5.41, 5.74) is 0.788. The van der Waals surface area contributed by atoms with Gasteiger partial charge >= 0.3 is 0 Å². The van der Waals surface area contributed by atoms with Crippen LogP contribution in [0.15, 0.2) is 30.3 Å². The van der Waals surface area contributed by atoms with E-state index in [4.69, 9.17) is 0 Å². The highest BCUT2D eigenvalue weighted by Gasteiger charge is 2.03. The maximum absolute atomic E-state index is 11.8. The predicted octanol–water partition coefficient (Wildman–Crippen LogP) is 2.74. The van der Waals surface area contributed by atoms with E-state index in [-0.39, 0.29) is 12.2 Å². The van der Waals surface area contributed by atoms with Crippen molar-refractivity contribution in [3.8, 4) is 0 Å². The Labute approximate surface area is 114 Å². The Bertz CT molecular complexity index is 384. The van der Waals surface area contributed by atoms with Gasteiger partial charge in [-0.1, -0.05) is 56.0 Å². The minimum Gasteiger partial charge on any atom is -0.550 e. The van der Waals surface area contributed by atoms with Crippen molar-refractivity contribution in [2.24, 2.45) is 0 Å². The van der Waals surface area contributed by atoms with Crippen LogP contribution in [0.3, 0.4) is 0 Å². The Morgan fingerprint density at radius 1 is 0.789 bits per heavy atom. The van der Waals surface area contributed by atoms with E-state index in [1.807, 2.05) is 30.3 Å². The van der Waals surface area contributed by atoms with Gasteiger partial charge in [0.2, 0.25) is 0 Å². The average molecular weight is 261 g/mol. The zero-order valence-corrected chi connectivity index (χ0v) is 11.3. The quantitative estimate of drug-likeness (QED) is 0.480. The zero-order chi connectivity index (χ0) is 13.9. The summed E-state index contributed by atoms with van der Waals surface area (Å²) < 4.78 is 0. The Hall–Kier alpha value is -1.64. The topological polar surface area (TPSA) is 57.2 Å². The molecule has 0 amide bonds. The zero-order valence-electron chi connectivity index (χ0n) is 11.3. The SMILES string of the molecule is O=C([O-])CCCCCCCCC(=O)c1ccccc1. The van der Waals surface area contributed by atoms with Crippen molar-refractivity contribution < 1.29 is 14.7 Å². The summed E-state index contributed by atoms with van der Waals surface area (Å²) in [5, 5.41) is 10.2. The van der Waals surface area contributed by atoms with Crippen molar-refractivity contribution in [3.05, 3.63) is 35.9 Å². The molecular formula is C16H21O3-. The highest BCUT2D eigenvalue weighted by Crippen LogP contribution is 2.11. The van der Waals surface area contributed by atoms with Crippen LogP contribution < -0.4 is 5.11 Å². The van der Waals surface area contributed by atoms with Crippen LogP contribution in [0.25, 0.3) is 0 Å². The normalized spacial score (nSPS) is 10.3. The Morgan fingerprint density at radius 3 is 1.89 bits per heavy atom. The lowest BCUT2D eigenvalue weighted by atomic mass is 10.0. The number of carboxylic acids is 1. The Kier molecular flexibility index (Phi) is 7.56. The first kappa shape index (κ1) is 15.4. The Balaban J connectivity index is 1.99. The van der Waals surface area contributed by atoms with Crippen molar-refractivity contribution in [1.29, 1.82) is 0 Å². The van der Waals surface area contributed by atoms with Crippen molar-refractivity contribution in [2.45, 2.75) is 51.4 Å². The van der Waals surface area contributed by atoms with Crippen LogP contribution in [0.2, 0.25) is 0 Å². The second kappa shape index (κ2) is 9.31. The lowest BCUT2D eigenvalue weighted by molar-refractivity contribution is -0.305. The van der Waals surface area contributed by atoms with Gasteiger partial charge in [0.05, 0.1) is 0 Å². The molecule has 1 aromatic rings. The molecule has 3 nitrogen and oxygen atoms in total. The summed E-state index contributed by atoms with van der Waals surface area (Å²) in [6.07, 6.45) is 6.43. The fourth-order valence-corrected chi connectivity index (χ4v) is 2.03. The highest BCUT2D eigenvalue weighted by molar-refractivity contribution is 5.95. The van der Waals surface area contributed by atoms with Crippen LogP contribution in [-0.2, 0) is 4.79 Å². The standard InChI is InChI=1S/C16H22O3/c17-15(14-10-6-5-7-11-14)12-8-3-1-2-4-9-13-16(18)19/h5-7,10-11H,1-4,8-9,12-13H2,(H,18,19)/p-1. The van der Waals surface area contributed by atoms with Crippen molar-refractivity contribution in [3.63, 3.8) is 0 Å². The summed E-state index contributed by atoms with van der Waals surface area (Å²) in [6.45, 7) is 0. The summed E-state index contributed by atoms with van der Waals surface area (Å²) in [7, 11) is 0. The lowest BCUT2D eigenvalue weighted by Gasteiger charge is -2.03. The monoisotopic (exact) mass is 261 g/mol. The van der Waals surface area contributed by atoms with Crippen molar-refractivity contribution in [2.75, 3.05) is 0 Å². The third-order valence-electron chi connectivity index (χ3n) is 3.13. The fraction of sp³-hybridized carbons (Fsp3) is 0.500. The highest BCUT2D eigenvalue weighted by atomic mass is 16.4. The predicted molar refractivity (Wildman–Crippen MR) is 72.7 cm³/mol. The van der Waals surface area contributed by atoms with Crippen LogP contribution in [-0.4, -0.2) is 11.8 Å². The van der Waals surface area contributed by atoms with Gasteiger partial charge in [-0.2, -0.15) is 0 Å². The summed E-state index contributed by atoms with van der Waals surface area (Å²) in [6, 6.07) is 9.36. The number of hydrogen-bond donors (Lipinski definition) is 0. The van der Waals surface area contributed by atoms with E-state index in [1.54, 1.807) is 0 Å². The second-order valence-corrected chi connectivity index (χ2v) is 4.78. The number of carbonyl (C=O) groups is 2. The minimum atomic E-state index is -0.964. The molecule has 0 saturated heterocycles. The number of aliphatic carboxylic acids is 1. The summed E-state index contributed by atoms with van der Waals surface area (Å²) in [5.74, 6) is -0.758. The minimum absolute atomic E-state index is 0.159. The molecule has 0 atom stereocenters. The number of benzene rings is 1. The molecule has 0 radical (unpaired) electrons. The summed E-state index contributed by atoms with van der Waals surface area (Å²) in [4.78, 5) is 22.0. The molecule has 0 N–H and O–H groups in total. The van der Waals surface area contributed by atoms with Gasteiger partial charge in [-0.3, -0.25) is 4.79 Å². The number of Topliss-reactive ketones (excluding diaryl/α,β-unsaturated/α-hetero) is 1. The largest absolute Gasteiger partial charge is 0.550 e. The van der Waals surface area contributed by atoms with Gasteiger partial charge < -0.3 is 9.90 Å². The van der Waals surface area contributed by atoms with Gasteiger partial charge in [0.25, 0.3) is 0 Å². The molecule has 0 aliphatic rings. The average Bonchev–Trinajstić information content (AvgIpc) is 2.42. The van der Waals surface area contributed by atoms with Crippen LogP contribution in [0.1, 0.15) is 61.7 Å². The molecule has 3 heteroatoms. The molecule has 0 spiro atoms. The van der Waals surface area contributed by atoms with Crippen LogP contribution in [0, 0.1) is 0 Å². The van der Waals surface area contributed by atoms with Gasteiger partial charge in [0.1, 0.15) is 0 Å². The lowest BCUT2D eigenvalue weighted by Crippen LogP contribution is -2.21. The molecule has 19 heavy (non-hydrogen) atoms. The maximum atomic E-state index is 11.8. The van der Waals surface area contributed by atoms with Crippen LogP contribution in [0.4, 0.5) is 0 Å². The molecule has 0 bridgehead atoms. The van der Waals surface area contributed by atoms with Crippen LogP contribution in [0.5, 0.6) is 0 Å². The number of unbranched alkanes of at least 4 members (excludes halogenated alkanes) is 5. The molecule has 1 aromatic carbocycles. The second-order valence-electron chi connectivity index (χ2n) is 4.78. The van der Waals surface area contributed by atoms with Crippen molar-refractivity contribution >= 4 is 11.8 Å².